The predicted octanol–water partition coefficient (Wildman–Crippen LogP) is 4.20. The van der Waals surface area contributed by atoms with Crippen molar-refractivity contribution < 1.29 is 14.4 Å². The van der Waals surface area contributed by atoms with Gasteiger partial charge in [-0.25, -0.2) is 0 Å². The first-order chi connectivity index (χ1) is 17.9. The van der Waals surface area contributed by atoms with Crippen LogP contribution in [0.2, 0.25) is 0 Å². The van der Waals surface area contributed by atoms with Crippen LogP contribution < -0.4 is 10.6 Å². The summed E-state index contributed by atoms with van der Waals surface area (Å²) in [6.07, 6.45) is 2.32. The molecule has 1 saturated heterocycles. The van der Waals surface area contributed by atoms with E-state index < -0.39 is 28.8 Å². The van der Waals surface area contributed by atoms with E-state index in [1.54, 1.807) is 16.7 Å². The van der Waals surface area contributed by atoms with Gasteiger partial charge in [-0.2, -0.15) is 5.26 Å². The van der Waals surface area contributed by atoms with E-state index >= 15 is 0 Å². The molecular formula is C29H39N5O3S. The van der Waals surface area contributed by atoms with Crippen molar-refractivity contribution >= 4 is 35.0 Å². The summed E-state index contributed by atoms with van der Waals surface area (Å²) in [5.74, 6) is -0.844. The molecule has 0 bridgehead atoms. The Kier molecular flexibility index (Phi) is 7.94. The van der Waals surface area contributed by atoms with Gasteiger partial charge in [0.2, 0.25) is 17.7 Å². The molecule has 1 aliphatic carbocycles. The average molecular weight is 538 g/mol. The number of carbonyl (C=O) groups is 3. The van der Waals surface area contributed by atoms with E-state index in [-0.39, 0.29) is 23.9 Å². The SMILES string of the molecule is Cc1cc(C2SC=NC2C)ccc1C(C)NC(=O)C1CCCN1C(=O)C(NC(=O)C1(C#N)CC1)C(C)(C)C. The van der Waals surface area contributed by atoms with Gasteiger partial charge in [-0.05, 0) is 68.6 Å². The quantitative estimate of drug-likeness (QED) is 0.541. The van der Waals surface area contributed by atoms with E-state index in [0.717, 1.165) is 17.5 Å². The number of aliphatic imine (C=N–C) groups is 1. The molecule has 1 aromatic carbocycles. The fourth-order valence-corrected chi connectivity index (χ4v) is 6.39. The maximum atomic E-state index is 13.7. The molecule has 2 heterocycles. The summed E-state index contributed by atoms with van der Waals surface area (Å²) in [6.45, 7) is 12.3. The lowest BCUT2D eigenvalue weighted by atomic mass is 9.85. The normalized spacial score (nSPS) is 25.4. The second-order valence-corrected chi connectivity index (χ2v) is 13.0. The highest BCUT2D eigenvalue weighted by Crippen LogP contribution is 2.45. The predicted molar refractivity (Wildman–Crippen MR) is 149 cm³/mol. The number of nitrogens with one attached hydrogen (secondary N) is 2. The molecule has 1 aromatic rings. The Morgan fingerprint density at radius 3 is 2.50 bits per heavy atom. The zero-order valence-corrected chi connectivity index (χ0v) is 24.0. The van der Waals surface area contributed by atoms with Gasteiger partial charge >= 0.3 is 0 Å². The fourth-order valence-electron chi connectivity index (χ4n) is 5.40. The molecule has 1 saturated carbocycles. The third-order valence-corrected chi connectivity index (χ3v) is 9.22. The summed E-state index contributed by atoms with van der Waals surface area (Å²) in [5, 5.41) is 15.7. The Hall–Kier alpha value is -2.86. The summed E-state index contributed by atoms with van der Waals surface area (Å²) in [4.78, 5) is 46.0. The first kappa shape index (κ1) is 28.2. The third-order valence-electron chi connectivity index (χ3n) is 8.01. The van der Waals surface area contributed by atoms with Crippen LogP contribution in [0.1, 0.15) is 88.3 Å². The fraction of sp³-hybridized carbons (Fsp3) is 0.621. The van der Waals surface area contributed by atoms with Crippen molar-refractivity contribution in [3.05, 3.63) is 34.9 Å². The molecule has 4 rings (SSSR count). The largest absolute Gasteiger partial charge is 0.348 e. The zero-order valence-electron chi connectivity index (χ0n) is 23.2. The first-order valence-electron chi connectivity index (χ1n) is 13.5. The molecule has 5 atom stereocenters. The highest BCUT2D eigenvalue weighted by atomic mass is 32.2. The maximum Gasteiger partial charge on any atom is 0.246 e. The van der Waals surface area contributed by atoms with Crippen LogP contribution >= 0.6 is 11.8 Å². The molecule has 2 aliphatic heterocycles. The van der Waals surface area contributed by atoms with E-state index in [2.05, 4.69) is 53.7 Å². The van der Waals surface area contributed by atoms with Crippen molar-refractivity contribution in [2.75, 3.05) is 6.54 Å². The number of amides is 3. The Morgan fingerprint density at radius 1 is 1.24 bits per heavy atom. The molecule has 2 N–H and O–H groups in total. The highest BCUT2D eigenvalue weighted by Gasteiger charge is 2.53. The molecule has 3 aliphatic rings. The summed E-state index contributed by atoms with van der Waals surface area (Å²) in [5.41, 5.74) is 3.70. The zero-order chi connectivity index (χ0) is 27.8. The van der Waals surface area contributed by atoms with E-state index in [9.17, 15) is 19.6 Å². The molecule has 204 valence electrons. The molecule has 2 fully saturated rings. The van der Waals surface area contributed by atoms with Gasteiger partial charge in [0.1, 0.15) is 17.5 Å². The van der Waals surface area contributed by atoms with Gasteiger partial charge in [0, 0.05) is 6.54 Å². The van der Waals surface area contributed by atoms with E-state index in [1.807, 2.05) is 33.2 Å². The molecule has 9 heteroatoms. The third kappa shape index (κ3) is 5.61. The van der Waals surface area contributed by atoms with Gasteiger partial charge in [0.25, 0.3) is 0 Å². The number of hydrogen-bond donors (Lipinski definition) is 2. The number of likely N-dealkylation sites (tertiary alicyclic amines) is 1. The standard InChI is InChI=1S/C29H39N5O3S/c1-17-14-20(23-19(3)31-16-38-23)9-10-21(17)18(2)32-25(35)22-8-7-13-34(22)26(36)24(28(4,5)6)33-27(37)29(15-30)11-12-29/h9-10,14,16,18-19,22-24H,7-8,11-13H2,1-6H3,(H,32,35)(H,33,37). The number of thioether (sulfide) groups is 1. The molecule has 0 aromatic heterocycles. The van der Waals surface area contributed by atoms with Crippen molar-refractivity contribution in [2.24, 2.45) is 15.8 Å². The minimum atomic E-state index is -1.02. The van der Waals surface area contributed by atoms with Crippen molar-refractivity contribution in [3.8, 4) is 6.07 Å². The van der Waals surface area contributed by atoms with Crippen LogP contribution in [0.4, 0.5) is 0 Å². The van der Waals surface area contributed by atoms with Crippen LogP contribution in [0.3, 0.4) is 0 Å². The lowest BCUT2D eigenvalue weighted by Gasteiger charge is -2.36. The molecule has 3 amide bonds. The second-order valence-electron chi connectivity index (χ2n) is 12.1. The number of nitrogens with zero attached hydrogens (tertiary/aromatic N) is 3. The van der Waals surface area contributed by atoms with Gasteiger partial charge in [0.15, 0.2) is 0 Å². The highest BCUT2D eigenvalue weighted by molar-refractivity contribution is 8.12. The lowest BCUT2D eigenvalue weighted by molar-refractivity contribution is -0.144. The molecule has 0 spiro atoms. The van der Waals surface area contributed by atoms with Crippen LogP contribution in [0.25, 0.3) is 0 Å². The van der Waals surface area contributed by atoms with Crippen LogP contribution in [-0.4, -0.2) is 52.8 Å². The summed E-state index contributed by atoms with van der Waals surface area (Å²) in [6, 6.07) is 7.08. The number of benzene rings is 1. The molecule has 0 radical (unpaired) electrons. The van der Waals surface area contributed by atoms with E-state index in [0.29, 0.717) is 31.1 Å². The van der Waals surface area contributed by atoms with Crippen LogP contribution in [0.15, 0.2) is 23.2 Å². The number of carbonyl (C=O) groups excluding carboxylic acids is 3. The molecule has 38 heavy (non-hydrogen) atoms. The Morgan fingerprint density at radius 2 is 1.95 bits per heavy atom. The summed E-state index contributed by atoms with van der Waals surface area (Å²) >= 11 is 1.73. The monoisotopic (exact) mass is 537 g/mol. The minimum Gasteiger partial charge on any atom is -0.348 e. The van der Waals surface area contributed by atoms with Crippen LogP contribution in [0.5, 0.6) is 0 Å². The summed E-state index contributed by atoms with van der Waals surface area (Å²) < 4.78 is 0. The van der Waals surface area contributed by atoms with Gasteiger partial charge in [-0.15, -0.1) is 11.8 Å². The number of rotatable bonds is 7. The average Bonchev–Trinajstić information content (AvgIpc) is 3.28. The summed E-state index contributed by atoms with van der Waals surface area (Å²) in [7, 11) is 0. The van der Waals surface area contributed by atoms with Crippen molar-refractivity contribution in [2.45, 2.75) is 96.6 Å². The van der Waals surface area contributed by atoms with Gasteiger partial charge in [-0.3, -0.25) is 19.4 Å². The topological polar surface area (TPSA) is 115 Å². The van der Waals surface area contributed by atoms with Crippen molar-refractivity contribution in [1.82, 2.24) is 15.5 Å². The van der Waals surface area contributed by atoms with E-state index in [4.69, 9.17) is 0 Å². The molecule has 5 unspecified atom stereocenters. The number of aryl methyl sites for hydroxylation is 1. The lowest BCUT2D eigenvalue weighted by Crippen LogP contribution is -2.58. The van der Waals surface area contributed by atoms with Gasteiger partial charge in [0.05, 0.1) is 28.9 Å². The smallest absolute Gasteiger partial charge is 0.246 e. The number of hydrogen-bond acceptors (Lipinski definition) is 6. The van der Waals surface area contributed by atoms with Crippen LogP contribution in [-0.2, 0) is 14.4 Å². The van der Waals surface area contributed by atoms with Crippen molar-refractivity contribution in [1.29, 1.82) is 5.26 Å². The molecular weight excluding hydrogens is 498 g/mol. The number of nitriles is 1. The maximum absolute atomic E-state index is 13.7. The minimum absolute atomic E-state index is 0.185. The van der Waals surface area contributed by atoms with Crippen LogP contribution in [0, 0.1) is 29.1 Å². The van der Waals surface area contributed by atoms with Crippen molar-refractivity contribution in [3.63, 3.8) is 0 Å². The second kappa shape index (κ2) is 10.7. The molecule has 8 nitrogen and oxygen atoms in total. The van der Waals surface area contributed by atoms with Gasteiger partial charge < -0.3 is 15.5 Å². The van der Waals surface area contributed by atoms with Gasteiger partial charge in [-0.1, -0.05) is 39.0 Å². The Bertz CT molecular complexity index is 1180. The Balaban J connectivity index is 1.44. The van der Waals surface area contributed by atoms with E-state index in [1.165, 1.54) is 5.56 Å². The first-order valence-corrected chi connectivity index (χ1v) is 14.4. The Labute approximate surface area is 230 Å².